The molecular formula is C60H37N3S. The fourth-order valence-corrected chi connectivity index (χ4v) is 11.9. The van der Waals surface area contributed by atoms with Crippen molar-refractivity contribution in [2.75, 3.05) is 4.90 Å². The standard InChI is InChI=1S/C60H37N3S/c1-3-15-38(16-4-1)39-29-31-41(32-30-39)61(40-17-5-2-6-18-40)42-33-35-43(36-34-42)62-54-27-14-22-47-44-19-7-10-25-52(44)63-53-26-11-8-20-45(53)50-37-51(58(62)57(56(47)54)59(50)63)49-24-13-23-48-46-21-9-12-28-55(46)64-60(48)49/h1-37H. The summed E-state index contributed by atoms with van der Waals surface area (Å²) in [6.45, 7) is 0. The van der Waals surface area contributed by atoms with Crippen LogP contribution in [0.25, 0.3) is 108 Å². The van der Waals surface area contributed by atoms with Crippen LogP contribution in [0.4, 0.5) is 17.1 Å². The summed E-state index contributed by atoms with van der Waals surface area (Å²) in [7, 11) is 0. The minimum atomic E-state index is 1.09. The highest BCUT2D eigenvalue weighted by Crippen LogP contribution is 2.51. The van der Waals surface area contributed by atoms with Crippen molar-refractivity contribution < 1.29 is 0 Å². The van der Waals surface area contributed by atoms with Gasteiger partial charge in [-0.3, -0.25) is 0 Å². The number of hydrogen-bond donors (Lipinski definition) is 0. The molecule has 4 aromatic heterocycles. The number of hydrogen-bond acceptors (Lipinski definition) is 2. The molecule has 0 fully saturated rings. The number of nitrogens with zero attached hydrogens (tertiary/aromatic N) is 3. The van der Waals surface area contributed by atoms with E-state index in [4.69, 9.17) is 0 Å². The van der Waals surface area contributed by atoms with E-state index in [2.05, 4.69) is 238 Å². The Morgan fingerprint density at radius 3 is 1.64 bits per heavy atom. The molecule has 0 saturated carbocycles. The molecule has 0 N–H and O–H groups in total. The Kier molecular flexibility index (Phi) is 7.56. The van der Waals surface area contributed by atoms with Gasteiger partial charge in [-0.05, 0) is 95.4 Å². The molecule has 0 bridgehead atoms. The van der Waals surface area contributed by atoms with Crippen LogP contribution in [0.1, 0.15) is 0 Å². The first kappa shape index (κ1) is 35.4. The summed E-state index contributed by atoms with van der Waals surface area (Å²) in [4.78, 5) is 2.35. The first-order chi connectivity index (χ1) is 31.8. The Bertz CT molecular complexity index is 4100. The highest BCUT2D eigenvalue weighted by atomic mass is 32.1. The summed E-state index contributed by atoms with van der Waals surface area (Å²) in [5, 5.41) is 10.2. The molecule has 14 aromatic rings. The molecule has 14 rings (SSSR count). The van der Waals surface area contributed by atoms with Gasteiger partial charge in [-0.1, -0.05) is 146 Å². The lowest BCUT2D eigenvalue weighted by molar-refractivity contribution is 1.17. The van der Waals surface area contributed by atoms with E-state index in [1.54, 1.807) is 0 Å². The maximum atomic E-state index is 2.55. The zero-order chi connectivity index (χ0) is 41.9. The van der Waals surface area contributed by atoms with Crippen LogP contribution in [0.15, 0.2) is 224 Å². The third-order valence-electron chi connectivity index (χ3n) is 13.4. The zero-order valence-corrected chi connectivity index (χ0v) is 35.4. The Hall–Kier alpha value is -8.18. The van der Waals surface area contributed by atoms with Crippen molar-refractivity contribution in [2.45, 2.75) is 0 Å². The first-order valence-corrected chi connectivity index (χ1v) is 22.7. The number of para-hydroxylation sites is 3. The smallest absolute Gasteiger partial charge is 0.0642 e. The van der Waals surface area contributed by atoms with Gasteiger partial charge in [0.15, 0.2) is 0 Å². The maximum Gasteiger partial charge on any atom is 0.0642 e. The van der Waals surface area contributed by atoms with Crippen molar-refractivity contribution in [1.82, 2.24) is 8.97 Å². The van der Waals surface area contributed by atoms with E-state index in [0.29, 0.717) is 0 Å². The maximum absolute atomic E-state index is 2.55. The molecule has 0 radical (unpaired) electrons. The minimum absolute atomic E-state index is 1.09. The third-order valence-corrected chi connectivity index (χ3v) is 14.7. The van der Waals surface area contributed by atoms with Gasteiger partial charge in [0.2, 0.25) is 0 Å². The lowest BCUT2D eigenvalue weighted by atomic mass is 9.96. The van der Waals surface area contributed by atoms with Crippen LogP contribution in [0.5, 0.6) is 0 Å². The third kappa shape index (κ3) is 5.03. The largest absolute Gasteiger partial charge is 0.311 e. The van der Waals surface area contributed by atoms with E-state index in [-0.39, 0.29) is 0 Å². The number of rotatable bonds is 6. The molecule has 4 heterocycles. The average molecular weight is 832 g/mol. The van der Waals surface area contributed by atoms with Gasteiger partial charge < -0.3 is 13.9 Å². The first-order valence-electron chi connectivity index (χ1n) is 21.9. The van der Waals surface area contributed by atoms with Crippen molar-refractivity contribution >= 4 is 108 Å². The van der Waals surface area contributed by atoms with E-state index < -0.39 is 0 Å². The quantitative estimate of drug-likeness (QED) is 0.163. The summed E-state index contributed by atoms with van der Waals surface area (Å²) in [6.07, 6.45) is 0. The number of fused-ring (bicyclic) bond motifs is 9. The van der Waals surface area contributed by atoms with E-state index in [9.17, 15) is 0 Å². The summed E-state index contributed by atoms with van der Waals surface area (Å²) in [5.41, 5.74) is 15.5. The number of benzene rings is 10. The van der Waals surface area contributed by atoms with Crippen LogP contribution in [0.2, 0.25) is 0 Å². The van der Waals surface area contributed by atoms with Gasteiger partial charge in [-0.2, -0.15) is 0 Å². The minimum Gasteiger partial charge on any atom is -0.311 e. The topological polar surface area (TPSA) is 12.6 Å². The number of thiophene rings is 1. The number of aromatic nitrogens is 2. The van der Waals surface area contributed by atoms with Crippen LogP contribution in [-0.2, 0) is 0 Å². The van der Waals surface area contributed by atoms with Crippen molar-refractivity contribution in [2.24, 2.45) is 0 Å². The Balaban J connectivity index is 1.07. The molecule has 298 valence electrons. The van der Waals surface area contributed by atoms with Crippen LogP contribution >= 0.6 is 11.3 Å². The highest BCUT2D eigenvalue weighted by molar-refractivity contribution is 7.26. The normalized spacial score (nSPS) is 12.1. The summed E-state index contributed by atoms with van der Waals surface area (Å²) < 4.78 is 7.72. The Morgan fingerprint density at radius 2 is 0.891 bits per heavy atom. The second kappa shape index (κ2) is 13.7. The molecule has 0 aliphatic carbocycles. The molecule has 64 heavy (non-hydrogen) atoms. The molecular weight excluding hydrogens is 795 g/mol. The van der Waals surface area contributed by atoms with Gasteiger partial charge in [-0.15, -0.1) is 11.3 Å². The summed E-state index contributed by atoms with van der Waals surface area (Å²) in [5.74, 6) is 0. The van der Waals surface area contributed by atoms with Gasteiger partial charge >= 0.3 is 0 Å². The van der Waals surface area contributed by atoms with E-state index in [0.717, 1.165) is 22.7 Å². The van der Waals surface area contributed by atoms with Crippen LogP contribution < -0.4 is 4.90 Å². The lowest BCUT2D eigenvalue weighted by Gasteiger charge is -2.26. The van der Waals surface area contributed by atoms with Crippen molar-refractivity contribution in [3.05, 3.63) is 224 Å². The van der Waals surface area contributed by atoms with Gasteiger partial charge in [0.05, 0.1) is 27.6 Å². The van der Waals surface area contributed by atoms with Gasteiger partial charge in [0, 0.05) is 81.0 Å². The molecule has 3 nitrogen and oxygen atoms in total. The summed E-state index contributed by atoms with van der Waals surface area (Å²) in [6, 6.07) is 82.5. The fraction of sp³-hybridized carbons (Fsp3) is 0. The molecule has 0 saturated heterocycles. The molecule has 0 amide bonds. The highest BCUT2D eigenvalue weighted by Gasteiger charge is 2.27. The van der Waals surface area contributed by atoms with E-state index in [1.165, 1.54) is 102 Å². The van der Waals surface area contributed by atoms with Gasteiger partial charge in [-0.25, -0.2) is 0 Å². The molecule has 4 heteroatoms. The van der Waals surface area contributed by atoms with Crippen molar-refractivity contribution in [3.63, 3.8) is 0 Å². The molecule has 10 aromatic carbocycles. The Labute approximate surface area is 372 Å². The van der Waals surface area contributed by atoms with Crippen LogP contribution in [-0.4, -0.2) is 8.97 Å². The molecule has 0 aliphatic rings. The molecule has 0 aliphatic heterocycles. The lowest BCUT2D eigenvalue weighted by Crippen LogP contribution is -2.10. The van der Waals surface area contributed by atoms with Gasteiger partial charge in [0.25, 0.3) is 0 Å². The van der Waals surface area contributed by atoms with Crippen molar-refractivity contribution in [3.8, 4) is 27.9 Å². The average Bonchev–Trinajstić information content (AvgIpc) is 4.00. The fourth-order valence-electron chi connectivity index (χ4n) is 10.7. The van der Waals surface area contributed by atoms with Crippen LogP contribution in [0, 0.1) is 0 Å². The zero-order valence-electron chi connectivity index (χ0n) is 34.6. The SMILES string of the molecule is c1ccc(-c2ccc(N(c3ccccc3)c3ccc(-n4c5cccc6c7ccccc7n7c8ccccc8c8cc(-c9cccc%10c9sc9ccccc9%10)c4c(c65)c87)cc3)cc2)cc1. The molecule has 0 atom stereocenters. The predicted octanol–water partition coefficient (Wildman–Crippen LogP) is 17.1. The second-order valence-corrected chi connectivity index (χ2v) is 17.9. The predicted molar refractivity (Wildman–Crippen MR) is 274 cm³/mol. The number of anilines is 3. The monoisotopic (exact) mass is 831 g/mol. The van der Waals surface area contributed by atoms with Gasteiger partial charge in [0.1, 0.15) is 0 Å². The Morgan fingerprint density at radius 1 is 0.344 bits per heavy atom. The van der Waals surface area contributed by atoms with E-state index >= 15 is 0 Å². The van der Waals surface area contributed by atoms with Crippen molar-refractivity contribution in [1.29, 1.82) is 0 Å². The van der Waals surface area contributed by atoms with Crippen LogP contribution in [0.3, 0.4) is 0 Å². The second-order valence-electron chi connectivity index (χ2n) is 16.8. The van der Waals surface area contributed by atoms with E-state index in [1.807, 2.05) is 11.3 Å². The summed E-state index contributed by atoms with van der Waals surface area (Å²) >= 11 is 1.90. The molecule has 0 spiro atoms. The molecule has 0 unspecified atom stereocenters.